The molecule has 3 nitrogen and oxygen atoms in total. The van der Waals surface area contributed by atoms with Gasteiger partial charge in [0, 0.05) is 5.56 Å². The van der Waals surface area contributed by atoms with Gasteiger partial charge in [0.15, 0.2) is 0 Å². The van der Waals surface area contributed by atoms with Crippen molar-refractivity contribution in [1.29, 1.82) is 0 Å². The molecule has 0 saturated heterocycles. The van der Waals surface area contributed by atoms with Crippen LogP contribution in [0.3, 0.4) is 0 Å². The van der Waals surface area contributed by atoms with Crippen molar-refractivity contribution < 1.29 is 13.7 Å². The molecular formula is C9H4BrF2NO2. The third-order valence-electron chi connectivity index (χ3n) is 1.50. The maximum absolute atomic E-state index is 13.0. The molecule has 0 N–H and O–H groups in total. The molecular weight excluding hydrogens is 272 g/mol. The van der Waals surface area contributed by atoms with Crippen molar-refractivity contribution in [2.24, 2.45) is 0 Å². The number of halogens is 3. The average Bonchev–Trinajstić information content (AvgIpc) is 2.12. The SMILES string of the molecule is O=[N+]([O-])c1c(F)cc(C#CCBr)cc1F. The second-order valence-corrected chi connectivity index (χ2v) is 3.04. The van der Waals surface area contributed by atoms with Gasteiger partial charge in [0.25, 0.3) is 0 Å². The van der Waals surface area contributed by atoms with Crippen LogP contribution in [0.1, 0.15) is 5.56 Å². The number of alkyl halides is 1. The summed E-state index contributed by atoms with van der Waals surface area (Å²) in [6, 6.07) is 1.66. The molecule has 0 amide bonds. The fourth-order valence-electron chi connectivity index (χ4n) is 0.948. The Balaban J connectivity index is 3.25. The predicted molar refractivity (Wildman–Crippen MR) is 53.7 cm³/mol. The molecule has 1 aromatic carbocycles. The van der Waals surface area contributed by atoms with E-state index in [4.69, 9.17) is 0 Å². The molecule has 0 heterocycles. The smallest absolute Gasteiger partial charge is 0.258 e. The van der Waals surface area contributed by atoms with E-state index in [2.05, 4.69) is 27.8 Å². The Morgan fingerprint density at radius 2 is 1.93 bits per heavy atom. The first-order valence-electron chi connectivity index (χ1n) is 3.74. The van der Waals surface area contributed by atoms with Gasteiger partial charge in [-0.25, -0.2) is 0 Å². The van der Waals surface area contributed by atoms with Crippen LogP contribution < -0.4 is 0 Å². The van der Waals surface area contributed by atoms with Gasteiger partial charge in [0.05, 0.1) is 10.3 Å². The van der Waals surface area contributed by atoms with E-state index in [-0.39, 0.29) is 5.56 Å². The van der Waals surface area contributed by atoms with Crippen molar-refractivity contribution in [3.63, 3.8) is 0 Å². The quantitative estimate of drug-likeness (QED) is 0.342. The summed E-state index contributed by atoms with van der Waals surface area (Å²) in [5, 5.41) is 10.6. The summed E-state index contributed by atoms with van der Waals surface area (Å²) in [6.07, 6.45) is 0. The molecule has 1 aromatic rings. The number of hydrogen-bond acceptors (Lipinski definition) is 2. The summed E-state index contributed by atoms with van der Waals surface area (Å²) in [4.78, 5) is 9.15. The molecule has 0 aliphatic carbocycles. The second kappa shape index (κ2) is 4.84. The van der Waals surface area contributed by atoms with Gasteiger partial charge in [-0.05, 0) is 12.1 Å². The van der Waals surface area contributed by atoms with Gasteiger partial charge in [-0.3, -0.25) is 10.1 Å². The minimum atomic E-state index is -1.22. The van der Waals surface area contributed by atoms with Crippen molar-refractivity contribution >= 4 is 21.6 Å². The molecule has 0 aliphatic heterocycles. The first kappa shape index (κ1) is 11.6. The van der Waals surface area contributed by atoms with Crippen molar-refractivity contribution in [2.75, 3.05) is 5.33 Å². The van der Waals surface area contributed by atoms with Crippen LogP contribution in [-0.4, -0.2) is 10.3 Å². The van der Waals surface area contributed by atoms with E-state index in [9.17, 15) is 18.9 Å². The Kier molecular flexibility index (Phi) is 3.74. The predicted octanol–water partition coefficient (Wildman–Crippen LogP) is 2.62. The summed E-state index contributed by atoms with van der Waals surface area (Å²) >= 11 is 3.01. The highest BCUT2D eigenvalue weighted by molar-refractivity contribution is 9.09. The molecule has 0 spiro atoms. The maximum Gasteiger partial charge on any atom is 0.340 e. The number of nitro groups is 1. The highest BCUT2D eigenvalue weighted by Gasteiger charge is 2.21. The number of benzene rings is 1. The van der Waals surface area contributed by atoms with Gasteiger partial charge in [0.2, 0.25) is 11.6 Å². The van der Waals surface area contributed by atoms with Crippen LogP contribution in [0.25, 0.3) is 0 Å². The van der Waals surface area contributed by atoms with Crippen LogP contribution in [0, 0.1) is 33.6 Å². The highest BCUT2D eigenvalue weighted by Crippen LogP contribution is 2.22. The van der Waals surface area contributed by atoms with E-state index in [0.717, 1.165) is 12.1 Å². The molecule has 0 saturated carbocycles. The summed E-state index contributed by atoms with van der Waals surface area (Å²) in [6.45, 7) is 0. The van der Waals surface area contributed by atoms with Crippen LogP contribution in [0.5, 0.6) is 0 Å². The zero-order valence-electron chi connectivity index (χ0n) is 7.26. The van der Waals surface area contributed by atoms with Crippen LogP contribution in [0.4, 0.5) is 14.5 Å². The third kappa shape index (κ3) is 2.73. The molecule has 6 heteroatoms. The fraction of sp³-hybridized carbons (Fsp3) is 0.111. The summed E-state index contributed by atoms with van der Waals surface area (Å²) < 4.78 is 26.1. The lowest BCUT2D eigenvalue weighted by Gasteiger charge is -1.96. The number of nitro benzene ring substituents is 1. The Morgan fingerprint density at radius 1 is 1.40 bits per heavy atom. The van der Waals surface area contributed by atoms with E-state index in [1.54, 1.807) is 0 Å². The maximum atomic E-state index is 13.0. The van der Waals surface area contributed by atoms with E-state index in [1.165, 1.54) is 0 Å². The molecule has 0 aromatic heterocycles. The average molecular weight is 276 g/mol. The molecule has 78 valence electrons. The van der Waals surface area contributed by atoms with Crippen molar-refractivity contribution in [3.8, 4) is 11.8 Å². The molecule has 0 fully saturated rings. The van der Waals surface area contributed by atoms with E-state index in [1.807, 2.05) is 0 Å². The first-order valence-corrected chi connectivity index (χ1v) is 4.86. The Hall–Kier alpha value is -1.48. The fourth-order valence-corrected chi connectivity index (χ4v) is 1.09. The Bertz CT molecular complexity index is 442. The van der Waals surface area contributed by atoms with Crippen molar-refractivity contribution in [3.05, 3.63) is 39.4 Å². The Morgan fingerprint density at radius 3 is 2.33 bits per heavy atom. The lowest BCUT2D eigenvalue weighted by Crippen LogP contribution is -1.97. The van der Waals surface area contributed by atoms with Crippen LogP contribution in [0.2, 0.25) is 0 Å². The third-order valence-corrected chi connectivity index (χ3v) is 1.78. The van der Waals surface area contributed by atoms with Crippen LogP contribution in [0.15, 0.2) is 12.1 Å². The monoisotopic (exact) mass is 275 g/mol. The van der Waals surface area contributed by atoms with Crippen LogP contribution in [-0.2, 0) is 0 Å². The van der Waals surface area contributed by atoms with Crippen LogP contribution >= 0.6 is 15.9 Å². The van der Waals surface area contributed by atoms with Gasteiger partial charge >= 0.3 is 5.69 Å². The molecule has 15 heavy (non-hydrogen) atoms. The topological polar surface area (TPSA) is 43.1 Å². The van der Waals surface area contributed by atoms with Gasteiger partial charge < -0.3 is 0 Å². The van der Waals surface area contributed by atoms with Gasteiger partial charge in [0.1, 0.15) is 0 Å². The van der Waals surface area contributed by atoms with Gasteiger partial charge in [-0.15, -0.1) is 0 Å². The normalized spacial score (nSPS) is 9.27. The minimum Gasteiger partial charge on any atom is -0.258 e. The first-order chi connectivity index (χ1) is 7.06. The van der Waals surface area contributed by atoms with E-state index < -0.39 is 22.2 Å². The number of nitrogens with zero attached hydrogens (tertiary/aromatic N) is 1. The largest absolute Gasteiger partial charge is 0.340 e. The molecule has 0 bridgehead atoms. The summed E-state index contributed by atoms with van der Waals surface area (Å²) in [5.74, 6) is 2.53. The zero-order chi connectivity index (χ0) is 11.4. The van der Waals surface area contributed by atoms with Crippen molar-refractivity contribution in [2.45, 2.75) is 0 Å². The Labute approximate surface area is 92.4 Å². The summed E-state index contributed by atoms with van der Waals surface area (Å²) in [5.41, 5.74) is -1.09. The van der Waals surface area contributed by atoms with Gasteiger partial charge in [-0.2, -0.15) is 8.78 Å². The molecule has 1 rings (SSSR count). The highest BCUT2D eigenvalue weighted by atomic mass is 79.9. The van der Waals surface area contributed by atoms with E-state index in [0.29, 0.717) is 5.33 Å². The summed E-state index contributed by atoms with van der Waals surface area (Å²) in [7, 11) is 0. The number of rotatable bonds is 1. The van der Waals surface area contributed by atoms with Crippen molar-refractivity contribution in [1.82, 2.24) is 0 Å². The molecule has 0 aliphatic rings. The number of hydrogen-bond donors (Lipinski definition) is 0. The minimum absolute atomic E-state index is 0.0649. The molecule has 0 unspecified atom stereocenters. The lowest BCUT2D eigenvalue weighted by atomic mass is 10.2. The molecule has 0 radical (unpaired) electrons. The lowest BCUT2D eigenvalue weighted by molar-refractivity contribution is -0.390. The molecule has 0 atom stereocenters. The standard InChI is InChI=1S/C9H4BrF2NO2/c10-3-1-2-6-4-7(11)9(13(14)15)8(12)5-6/h4-5H,3H2. The second-order valence-electron chi connectivity index (χ2n) is 2.48. The van der Waals surface area contributed by atoms with Gasteiger partial charge in [-0.1, -0.05) is 27.8 Å². The van der Waals surface area contributed by atoms with E-state index >= 15 is 0 Å². The zero-order valence-corrected chi connectivity index (χ0v) is 8.85.